The number of nitrogens with zero attached hydrogens (tertiary/aromatic N) is 2. The van der Waals surface area contributed by atoms with Gasteiger partial charge in [-0.2, -0.15) is 0 Å². The fourth-order valence-corrected chi connectivity index (χ4v) is 1.94. The summed E-state index contributed by atoms with van der Waals surface area (Å²) in [7, 11) is 0. The van der Waals surface area contributed by atoms with Gasteiger partial charge in [-0.1, -0.05) is 0 Å². The van der Waals surface area contributed by atoms with Gasteiger partial charge in [0.05, 0.1) is 17.2 Å². The first-order chi connectivity index (χ1) is 7.77. The van der Waals surface area contributed by atoms with Crippen LogP contribution in [0, 0.1) is 0 Å². The number of aromatic nitrogens is 2. The van der Waals surface area contributed by atoms with Crippen LogP contribution >= 0.6 is 22.7 Å². The summed E-state index contributed by atoms with van der Waals surface area (Å²) in [6.45, 7) is 0. The van der Waals surface area contributed by atoms with Crippen LogP contribution in [0.3, 0.4) is 0 Å². The van der Waals surface area contributed by atoms with Gasteiger partial charge in [0, 0.05) is 5.38 Å². The van der Waals surface area contributed by atoms with Gasteiger partial charge in [0.25, 0.3) is 11.8 Å². The van der Waals surface area contributed by atoms with E-state index in [-0.39, 0.29) is 5.69 Å². The smallest absolute Gasteiger partial charge is 0.266 e. The molecule has 16 heavy (non-hydrogen) atoms. The van der Waals surface area contributed by atoms with Gasteiger partial charge in [-0.05, 0) is 0 Å². The van der Waals surface area contributed by atoms with Crippen molar-refractivity contribution < 1.29 is 9.59 Å². The predicted octanol–water partition coefficient (Wildman–Crippen LogP) is 0.674. The summed E-state index contributed by atoms with van der Waals surface area (Å²) in [4.78, 5) is 30.8. The minimum absolute atomic E-state index is 0.273. The molecule has 2 heterocycles. The highest BCUT2D eigenvalue weighted by Crippen LogP contribution is 2.04. The molecule has 2 N–H and O–H groups in total. The van der Waals surface area contributed by atoms with Crippen molar-refractivity contribution in [3.63, 3.8) is 0 Å². The second kappa shape index (κ2) is 4.81. The molecule has 0 unspecified atom stereocenters. The molecule has 0 aliphatic heterocycles. The number of hydrogen-bond donors (Lipinski definition) is 2. The van der Waals surface area contributed by atoms with Crippen molar-refractivity contribution >= 4 is 34.5 Å². The number of nitrogens with one attached hydrogen (secondary N) is 2. The Labute approximate surface area is 98.3 Å². The highest BCUT2D eigenvalue weighted by molar-refractivity contribution is 7.11. The zero-order chi connectivity index (χ0) is 11.4. The number of thiazole rings is 2. The summed E-state index contributed by atoms with van der Waals surface area (Å²) >= 11 is 2.50. The van der Waals surface area contributed by atoms with Crippen LogP contribution in [0.5, 0.6) is 0 Å². The van der Waals surface area contributed by atoms with Crippen LogP contribution in [0.25, 0.3) is 0 Å². The third-order valence-electron chi connectivity index (χ3n) is 1.61. The first-order valence-corrected chi connectivity index (χ1v) is 5.97. The van der Waals surface area contributed by atoms with E-state index in [1.54, 1.807) is 10.9 Å². The van der Waals surface area contributed by atoms with Crippen LogP contribution in [0.1, 0.15) is 20.2 Å². The zero-order valence-corrected chi connectivity index (χ0v) is 9.47. The van der Waals surface area contributed by atoms with Gasteiger partial charge in [0.2, 0.25) is 0 Å². The van der Waals surface area contributed by atoms with Crippen molar-refractivity contribution in [2.75, 3.05) is 0 Å². The maximum absolute atomic E-state index is 11.4. The van der Waals surface area contributed by atoms with Crippen molar-refractivity contribution in [3.05, 3.63) is 33.2 Å². The lowest BCUT2D eigenvalue weighted by Gasteiger charge is -2.03. The standard InChI is InChI=1S/C8H6N4O2S2/c13-7(5-2-15-4-10-5)11-12-8(14)6-1-9-3-16-6/h1-4H,(H,11,13)(H,12,14). The topological polar surface area (TPSA) is 84.0 Å². The van der Waals surface area contributed by atoms with Crippen LogP contribution in [0.4, 0.5) is 0 Å². The Morgan fingerprint density at radius 2 is 2.00 bits per heavy atom. The summed E-state index contributed by atoms with van der Waals surface area (Å²) in [5, 5.41) is 1.59. The number of hydrazine groups is 1. The fourth-order valence-electron chi connectivity index (χ4n) is 0.892. The first-order valence-electron chi connectivity index (χ1n) is 4.15. The van der Waals surface area contributed by atoms with Crippen molar-refractivity contribution in [1.29, 1.82) is 0 Å². The molecule has 0 saturated carbocycles. The molecule has 0 atom stereocenters. The minimum Gasteiger partial charge on any atom is -0.266 e. The Bertz CT molecular complexity index is 434. The van der Waals surface area contributed by atoms with Crippen LogP contribution in [0.2, 0.25) is 0 Å². The SMILES string of the molecule is O=C(NNC(=O)c1cncs1)c1cscn1. The molecule has 82 valence electrons. The molecule has 0 saturated heterocycles. The van der Waals surface area contributed by atoms with E-state index in [9.17, 15) is 9.59 Å². The third kappa shape index (κ3) is 2.41. The lowest BCUT2D eigenvalue weighted by atomic mass is 10.5. The van der Waals surface area contributed by atoms with Crippen LogP contribution in [-0.4, -0.2) is 21.8 Å². The zero-order valence-electron chi connectivity index (χ0n) is 7.84. The molecule has 8 heteroatoms. The molecular weight excluding hydrogens is 248 g/mol. The van der Waals surface area contributed by atoms with E-state index in [1.165, 1.54) is 34.4 Å². The third-order valence-corrected chi connectivity index (χ3v) is 2.97. The van der Waals surface area contributed by atoms with Gasteiger partial charge in [-0.25, -0.2) is 4.98 Å². The van der Waals surface area contributed by atoms with Crippen molar-refractivity contribution in [2.45, 2.75) is 0 Å². The summed E-state index contributed by atoms with van der Waals surface area (Å²) in [6, 6.07) is 0. The van der Waals surface area contributed by atoms with Gasteiger partial charge in [0.1, 0.15) is 10.6 Å². The number of amides is 2. The Morgan fingerprint density at radius 1 is 1.19 bits per heavy atom. The van der Waals surface area contributed by atoms with E-state index in [2.05, 4.69) is 20.8 Å². The second-order valence-corrected chi connectivity index (χ2v) is 4.25. The predicted molar refractivity (Wildman–Crippen MR) is 59.2 cm³/mol. The van der Waals surface area contributed by atoms with Crippen molar-refractivity contribution in [2.24, 2.45) is 0 Å². The van der Waals surface area contributed by atoms with Gasteiger partial charge >= 0.3 is 0 Å². The van der Waals surface area contributed by atoms with Gasteiger partial charge in [0.15, 0.2) is 0 Å². The monoisotopic (exact) mass is 254 g/mol. The molecule has 2 rings (SSSR count). The molecule has 0 aromatic carbocycles. The average Bonchev–Trinajstić information content (AvgIpc) is 2.95. The van der Waals surface area contributed by atoms with Crippen molar-refractivity contribution in [1.82, 2.24) is 20.8 Å². The van der Waals surface area contributed by atoms with E-state index in [0.29, 0.717) is 4.88 Å². The quantitative estimate of drug-likeness (QED) is 0.772. The van der Waals surface area contributed by atoms with Crippen LogP contribution in [0.15, 0.2) is 22.6 Å². The van der Waals surface area contributed by atoms with Gasteiger partial charge in [-0.3, -0.25) is 25.4 Å². The Morgan fingerprint density at radius 3 is 2.62 bits per heavy atom. The molecule has 0 bridgehead atoms. The summed E-state index contributed by atoms with van der Waals surface area (Å²) in [5.74, 6) is -0.842. The molecule has 6 nitrogen and oxygen atoms in total. The maximum atomic E-state index is 11.4. The molecule has 0 aliphatic carbocycles. The Hall–Kier alpha value is -1.80. The fraction of sp³-hybridized carbons (Fsp3) is 0. The van der Waals surface area contributed by atoms with Crippen LogP contribution in [-0.2, 0) is 0 Å². The molecule has 2 amide bonds. The first kappa shape index (κ1) is 10.7. The number of carbonyl (C=O) groups excluding carboxylic acids is 2. The number of rotatable bonds is 2. The summed E-state index contributed by atoms with van der Waals surface area (Å²) < 4.78 is 0. The van der Waals surface area contributed by atoms with E-state index >= 15 is 0 Å². The number of carbonyl (C=O) groups is 2. The molecule has 2 aromatic heterocycles. The highest BCUT2D eigenvalue weighted by atomic mass is 32.1. The lowest BCUT2D eigenvalue weighted by molar-refractivity contribution is 0.0846. The largest absolute Gasteiger partial charge is 0.289 e. The molecule has 0 aliphatic rings. The van der Waals surface area contributed by atoms with Crippen molar-refractivity contribution in [3.8, 4) is 0 Å². The highest BCUT2D eigenvalue weighted by Gasteiger charge is 2.10. The second-order valence-electron chi connectivity index (χ2n) is 2.65. The number of hydrogen-bond acceptors (Lipinski definition) is 6. The van der Waals surface area contributed by atoms with Crippen LogP contribution < -0.4 is 10.9 Å². The van der Waals surface area contributed by atoms with Gasteiger partial charge < -0.3 is 0 Å². The average molecular weight is 254 g/mol. The van der Waals surface area contributed by atoms with E-state index < -0.39 is 11.8 Å². The Kier molecular flexibility index (Phi) is 3.22. The molecule has 0 fully saturated rings. The Balaban J connectivity index is 1.89. The maximum Gasteiger partial charge on any atom is 0.289 e. The minimum atomic E-state index is -0.445. The summed E-state index contributed by atoms with van der Waals surface area (Å²) in [6.07, 6.45) is 1.43. The summed E-state index contributed by atoms with van der Waals surface area (Å²) in [5.41, 5.74) is 7.88. The molecular formula is C8H6N4O2S2. The molecule has 0 spiro atoms. The molecule has 2 aromatic rings. The van der Waals surface area contributed by atoms with E-state index in [1.807, 2.05) is 0 Å². The molecule has 0 radical (unpaired) electrons. The van der Waals surface area contributed by atoms with E-state index in [0.717, 1.165) is 0 Å². The van der Waals surface area contributed by atoms with E-state index in [4.69, 9.17) is 0 Å². The lowest BCUT2D eigenvalue weighted by Crippen LogP contribution is -2.41. The normalized spacial score (nSPS) is 9.75. The van der Waals surface area contributed by atoms with Gasteiger partial charge in [-0.15, -0.1) is 22.7 Å².